The number of nitrogens with one attached hydrogen (secondary N) is 1. The average molecular weight is 268 g/mol. The minimum atomic E-state index is 0. The second-order valence-electron chi connectivity index (χ2n) is 0. The molecule has 0 bridgehead atoms. The summed E-state index contributed by atoms with van der Waals surface area (Å²) in [6.45, 7) is 17.5. The molecule has 0 rings (SSSR count). The third-order valence-corrected chi connectivity index (χ3v) is 0. The fourth-order valence-corrected chi connectivity index (χ4v) is 0. The second kappa shape index (κ2) is 11600. The van der Waals surface area contributed by atoms with Crippen molar-refractivity contribution in [2.24, 2.45) is 0 Å². The minimum absolute atomic E-state index is 0. The summed E-state index contributed by atoms with van der Waals surface area (Å²) in [4.78, 5) is 7.50. The van der Waals surface area contributed by atoms with Crippen LogP contribution in [0.1, 0.15) is 0 Å². The van der Waals surface area contributed by atoms with Gasteiger partial charge in [-0.3, -0.25) is 0 Å². The van der Waals surface area contributed by atoms with Crippen molar-refractivity contribution in [3.05, 3.63) is 4.91 Å². The van der Waals surface area contributed by atoms with Crippen molar-refractivity contribution >= 4 is 0 Å². The Morgan fingerprint density at radius 2 is 0.533 bits per heavy atom. The molecule has 0 fully saturated rings. The van der Waals surface area contributed by atoms with E-state index in [1.807, 2.05) is 0 Å². The maximum absolute atomic E-state index is 7.50. The van der Waals surface area contributed by atoms with Crippen LogP contribution < -0.4 is 59.1 Å². The van der Waals surface area contributed by atoms with Crippen LogP contribution in [-0.2, 0) is 17.1 Å². The summed E-state index contributed by atoms with van der Waals surface area (Å²) in [5.41, 5.74) is 4.50. The van der Waals surface area contributed by atoms with Crippen LogP contribution in [0.2, 0.25) is 0 Å². The SMILES string of the molecule is C#N.C#N.C#N.C#N.C#N.N=O.[Fe].[Na+].[Na+]. The van der Waals surface area contributed by atoms with Gasteiger partial charge in [-0.25, -0.2) is 26.3 Å². The zero-order valence-electron chi connectivity index (χ0n) is 8.38. The number of rotatable bonds is 0. The Balaban J connectivity index is -0.00000000396. The molecule has 70 valence electrons. The minimum Gasteiger partial charge on any atom is -0.202 e. The van der Waals surface area contributed by atoms with Gasteiger partial charge in [-0.1, -0.05) is 5.59 Å². The molecule has 0 unspecified atom stereocenters. The van der Waals surface area contributed by atoms with Crippen LogP contribution in [-0.4, -0.2) is 0 Å². The summed E-state index contributed by atoms with van der Waals surface area (Å²) < 4.78 is 0. The molecular formula is C5H6FeN6Na2O+2. The predicted molar refractivity (Wildman–Crippen MR) is 39.4 cm³/mol. The number of hydrogen-bond acceptors (Lipinski definition) is 7. The molecule has 0 spiro atoms. The molecule has 1 N–H and O–H groups in total. The van der Waals surface area contributed by atoms with Crippen molar-refractivity contribution in [3.63, 3.8) is 0 Å². The number of hydrogen-bond donors (Lipinski definition) is 1. The summed E-state index contributed by atoms with van der Waals surface area (Å²) >= 11 is 0. The number of nitroso groups, excluding NO2 is 1. The Labute approximate surface area is 144 Å². The summed E-state index contributed by atoms with van der Waals surface area (Å²) in [6, 6.07) is 0. The van der Waals surface area contributed by atoms with Crippen LogP contribution >= 0.6 is 0 Å². The standard InChI is InChI=1S/5CHN.Fe.HNO.2Na/c5*1-2;;1-2;;/h5*1H;;1H;;/q;;;;;;;2*+1. The molecule has 0 saturated heterocycles. The molecule has 10 heteroatoms. The van der Waals surface area contributed by atoms with Crippen molar-refractivity contribution < 1.29 is 76.2 Å². The van der Waals surface area contributed by atoms with Crippen molar-refractivity contribution in [2.75, 3.05) is 0 Å². The Bertz CT molecular complexity index is 98.9. The van der Waals surface area contributed by atoms with E-state index in [9.17, 15) is 0 Å². The van der Waals surface area contributed by atoms with E-state index in [1.165, 1.54) is 0 Å². The first-order chi connectivity index (χ1) is 6.00. The quantitative estimate of drug-likeness (QED) is 0.342. The molecule has 15 heavy (non-hydrogen) atoms. The van der Waals surface area contributed by atoms with E-state index in [0.717, 1.165) is 0 Å². The van der Waals surface area contributed by atoms with Crippen LogP contribution in [0, 0.1) is 69.7 Å². The van der Waals surface area contributed by atoms with Gasteiger partial charge < -0.3 is 0 Å². The van der Waals surface area contributed by atoms with Crippen molar-refractivity contribution in [1.29, 1.82) is 31.9 Å². The molecule has 0 atom stereocenters. The van der Waals surface area contributed by atoms with Crippen molar-refractivity contribution in [3.8, 4) is 32.9 Å². The largest absolute Gasteiger partial charge is 1.00 e. The molecular weight excluding hydrogens is 262 g/mol. The fourth-order valence-electron chi connectivity index (χ4n) is 0. The molecule has 0 heterocycles. The summed E-state index contributed by atoms with van der Waals surface area (Å²) in [5, 5.41) is 32.5. The van der Waals surface area contributed by atoms with E-state index in [2.05, 4.69) is 38.5 Å². The molecule has 0 amide bonds. The zero-order valence-corrected chi connectivity index (χ0v) is 13.5. The molecule has 0 aliphatic heterocycles. The van der Waals surface area contributed by atoms with E-state index in [-0.39, 0.29) is 76.2 Å². The van der Waals surface area contributed by atoms with Gasteiger partial charge in [0.15, 0.2) is 0 Å². The molecule has 0 aromatic rings. The van der Waals surface area contributed by atoms with Gasteiger partial charge in [0.05, 0.1) is 0 Å². The summed E-state index contributed by atoms with van der Waals surface area (Å²) in [7, 11) is 0. The van der Waals surface area contributed by atoms with E-state index in [4.69, 9.17) is 31.2 Å². The van der Waals surface area contributed by atoms with Crippen molar-refractivity contribution in [1.82, 2.24) is 0 Å². The molecule has 0 saturated carbocycles. The Morgan fingerprint density at radius 1 is 0.533 bits per heavy atom. The molecule has 0 radical (unpaired) electrons. The maximum Gasteiger partial charge on any atom is 1.00 e. The average Bonchev–Trinajstić information content (AvgIpc) is 2.33. The smallest absolute Gasteiger partial charge is 0.202 e. The van der Waals surface area contributed by atoms with Crippen LogP contribution in [0.3, 0.4) is 0 Å². The number of nitriles is 5. The Morgan fingerprint density at radius 3 is 0.533 bits per heavy atom. The van der Waals surface area contributed by atoms with Crippen LogP contribution in [0.25, 0.3) is 0 Å². The zero-order chi connectivity index (χ0) is 12.0. The first-order valence-electron chi connectivity index (χ1n) is 1.50. The van der Waals surface area contributed by atoms with E-state index in [1.54, 1.807) is 0 Å². The van der Waals surface area contributed by atoms with E-state index >= 15 is 0 Å². The van der Waals surface area contributed by atoms with Gasteiger partial charge in [0.2, 0.25) is 0 Å². The predicted octanol–water partition coefficient (Wildman–Crippen LogP) is -4.96. The van der Waals surface area contributed by atoms with E-state index in [0.29, 0.717) is 0 Å². The van der Waals surface area contributed by atoms with Crippen LogP contribution in [0.5, 0.6) is 0 Å². The van der Waals surface area contributed by atoms with Gasteiger partial charge in [0.1, 0.15) is 0 Å². The fraction of sp³-hybridized carbons (Fsp3) is 0. The van der Waals surface area contributed by atoms with Gasteiger partial charge in [0.25, 0.3) is 0 Å². The van der Waals surface area contributed by atoms with Gasteiger partial charge in [-0.2, -0.15) is 4.91 Å². The third kappa shape index (κ3) is 9800. The molecule has 7 nitrogen and oxygen atoms in total. The van der Waals surface area contributed by atoms with Gasteiger partial charge in [0, 0.05) is 49.9 Å². The summed E-state index contributed by atoms with van der Waals surface area (Å²) in [5.74, 6) is 0. The monoisotopic (exact) mass is 268 g/mol. The second-order valence-corrected chi connectivity index (χ2v) is 0. The molecule has 0 aromatic carbocycles. The summed E-state index contributed by atoms with van der Waals surface area (Å²) in [6.07, 6.45) is 0. The van der Waals surface area contributed by atoms with Gasteiger partial charge in [-0.05, 0) is 0 Å². The van der Waals surface area contributed by atoms with E-state index < -0.39 is 0 Å². The Hall–Kier alpha value is -0.431. The topological polar surface area (TPSA) is 160 Å². The maximum atomic E-state index is 7.50. The molecule has 0 aromatic heterocycles. The van der Waals surface area contributed by atoms with Crippen LogP contribution in [0.4, 0.5) is 0 Å². The normalized spacial score (nSPS) is 0.933. The Kier molecular flexibility index (Phi) is 66700. The van der Waals surface area contributed by atoms with Gasteiger partial charge in [-0.15, -0.1) is 0 Å². The first kappa shape index (κ1) is 86.5. The molecule has 0 aliphatic carbocycles. The molecule has 0 aliphatic rings. The van der Waals surface area contributed by atoms with Crippen molar-refractivity contribution in [2.45, 2.75) is 0 Å². The third-order valence-electron chi connectivity index (χ3n) is 0. The number of nitrogens with zero attached hydrogens (tertiary/aromatic N) is 5. The van der Waals surface area contributed by atoms with Crippen LogP contribution in [0.15, 0.2) is 0 Å². The first-order valence-corrected chi connectivity index (χ1v) is 1.50. The van der Waals surface area contributed by atoms with Gasteiger partial charge >= 0.3 is 59.1 Å².